The van der Waals surface area contributed by atoms with Gasteiger partial charge in [0, 0.05) is 49.1 Å². The zero-order valence-corrected chi connectivity index (χ0v) is 12.6. The molecular formula is C14H23N3OS. The van der Waals surface area contributed by atoms with Gasteiger partial charge >= 0.3 is 0 Å². The number of rotatable bonds is 4. The lowest BCUT2D eigenvalue weighted by atomic mass is 10.2. The quantitative estimate of drug-likeness (QED) is 0.834. The number of piperazine rings is 1. The first-order valence-corrected chi connectivity index (χ1v) is 8.03. The van der Waals surface area contributed by atoms with Gasteiger partial charge in [0.2, 0.25) is 0 Å². The van der Waals surface area contributed by atoms with Crippen molar-refractivity contribution in [3.05, 3.63) is 23.8 Å². The Bertz CT molecular complexity index is 456. The first-order valence-electron chi connectivity index (χ1n) is 6.71. The third-order valence-electron chi connectivity index (χ3n) is 3.63. The average molecular weight is 281 g/mol. The monoisotopic (exact) mass is 281 g/mol. The third-order valence-corrected chi connectivity index (χ3v) is 5.14. The lowest BCUT2D eigenvalue weighted by Crippen LogP contribution is -2.45. The summed E-state index contributed by atoms with van der Waals surface area (Å²) in [5.74, 6) is 0.703. The minimum absolute atomic E-state index is 0.703. The highest BCUT2D eigenvalue weighted by Crippen LogP contribution is 2.16. The molecule has 0 saturated carbocycles. The van der Waals surface area contributed by atoms with Gasteiger partial charge < -0.3 is 10.6 Å². The van der Waals surface area contributed by atoms with E-state index in [1.165, 1.54) is 0 Å². The maximum absolute atomic E-state index is 12.3. The summed E-state index contributed by atoms with van der Waals surface area (Å²) in [6.07, 6.45) is 0. The first kappa shape index (κ1) is 14.5. The van der Waals surface area contributed by atoms with Gasteiger partial charge in [0.15, 0.2) is 0 Å². The van der Waals surface area contributed by atoms with E-state index in [4.69, 9.17) is 5.73 Å². The average Bonchev–Trinajstić information content (AvgIpc) is 2.37. The van der Waals surface area contributed by atoms with Crippen LogP contribution in [0.2, 0.25) is 0 Å². The predicted octanol–water partition coefficient (Wildman–Crippen LogP) is 0.932. The molecule has 1 fully saturated rings. The zero-order chi connectivity index (χ0) is 13.8. The third kappa shape index (κ3) is 4.03. The van der Waals surface area contributed by atoms with E-state index in [-0.39, 0.29) is 0 Å². The Balaban J connectivity index is 1.87. The largest absolute Gasteiger partial charge is 0.399 e. The van der Waals surface area contributed by atoms with Crippen molar-refractivity contribution in [3.63, 3.8) is 0 Å². The number of aryl methyl sites for hydroxylation is 1. The van der Waals surface area contributed by atoms with Gasteiger partial charge in [-0.15, -0.1) is 0 Å². The van der Waals surface area contributed by atoms with Crippen molar-refractivity contribution in [2.45, 2.75) is 11.8 Å². The van der Waals surface area contributed by atoms with Crippen LogP contribution in [-0.2, 0) is 10.8 Å². The van der Waals surface area contributed by atoms with Crippen LogP contribution in [-0.4, -0.2) is 59.5 Å². The molecule has 0 spiro atoms. The van der Waals surface area contributed by atoms with E-state index in [0.717, 1.165) is 48.9 Å². The fourth-order valence-corrected chi connectivity index (χ4v) is 3.60. The van der Waals surface area contributed by atoms with Crippen LogP contribution in [0.15, 0.2) is 23.1 Å². The summed E-state index contributed by atoms with van der Waals surface area (Å²) in [6.45, 7) is 7.24. The smallest absolute Gasteiger partial charge is 0.0545 e. The highest BCUT2D eigenvalue weighted by atomic mass is 32.2. The summed E-state index contributed by atoms with van der Waals surface area (Å²) in [5.41, 5.74) is 7.48. The molecule has 1 aromatic rings. The lowest BCUT2D eigenvalue weighted by Gasteiger charge is -2.32. The second-order valence-corrected chi connectivity index (χ2v) is 6.76. The second-order valence-electron chi connectivity index (χ2n) is 5.22. The summed E-state index contributed by atoms with van der Waals surface area (Å²) in [5, 5.41) is 0. The van der Waals surface area contributed by atoms with Gasteiger partial charge in [-0.2, -0.15) is 0 Å². The molecular weight excluding hydrogens is 258 g/mol. The van der Waals surface area contributed by atoms with Crippen molar-refractivity contribution in [1.82, 2.24) is 9.80 Å². The van der Waals surface area contributed by atoms with Gasteiger partial charge in [-0.3, -0.25) is 9.11 Å². The molecule has 0 amide bonds. The van der Waals surface area contributed by atoms with Crippen molar-refractivity contribution in [2.24, 2.45) is 0 Å². The van der Waals surface area contributed by atoms with Gasteiger partial charge in [-0.25, -0.2) is 0 Å². The molecule has 0 aromatic heterocycles. The van der Waals surface area contributed by atoms with E-state index in [0.29, 0.717) is 5.75 Å². The molecule has 2 rings (SSSR count). The summed E-state index contributed by atoms with van der Waals surface area (Å²) in [7, 11) is 1.22. The number of likely N-dealkylation sites (N-methyl/N-ethyl adjacent to an activating group) is 1. The summed E-state index contributed by atoms with van der Waals surface area (Å²) in [6, 6.07) is 5.62. The molecule has 2 N–H and O–H groups in total. The van der Waals surface area contributed by atoms with Gasteiger partial charge in [0.05, 0.1) is 10.8 Å². The van der Waals surface area contributed by atoms with E-state index in [9.17, 15) is 4.21 Å². The molecule has 4 nitrogen and oxygen atoms in total. The van der Waals surface area contributed by atoms with Crippen molar-refractivity contribution in [3.8, 4) is 0 Å². The van der Waals surface area contributed by atoms with Gasteiger partial charge in [0.25, 0.3) is 0 Å². The number of nitrogen functional groups attached to an aromatic ring is 1. The molecule has 1 atom stereocenters. The highest BCUT2D eigenvalue weighted by Gasteiger charge is 2.15. The van der Waals surface area contributed by atoms with Crippen molar-refractivity contribution >= 4 is 16.5 Å². The number of hydrogen-bond donors (Lipinski definition) is 1. The Morgan fingerprint density at radius 3 is 2.58 bits per heavy atom. The van der Waals surface area contributed by atoms with Gasteiger partial charge in [-0.1, -0.05) is 0 Å². The topological polar surface area (TPSA) is 49.6 Å². The van der Waals surface area contributed by atoms with Crippen molar-refractivity contribution in [1.29, 1.82) is 0 Å². The molecule has 0 aliphatic carbocycles. The molecule has 106 valence electrons. The number of nitrogens with zero attached hydrogens (tertiary/aromatic N) is 2. The second kappa shape index (κ2) is 6.50. The SMILES string of the molecule is Cc1cc(N)ccc1S(=O)CCN1CCN(C)CC1. The first-order chi connectivity index (χ1) is 9.06. The van der Waals surface area contributed by atoms with Gasteiger partial charge in [0.1, 0.15) is 0 Å². The van der Waals surface area contributed by atoms with Crippen LogP contribution in [0.1, 0.15) is 5.56 Å². The van der Waals surface area contributed by atoms with Crippen LogP contribution in [0.4, 0.5) is 5.69 Å². The van der Waals surface area contributed by atoms with E-state index < -0.39 is 10.8 Å². The molecule has 1 aromatic carbocycles. The minimum Gasteiger partial charge on any atom is -0.399 e. The van der Waals surface area contributed by atoms with E-state index in [2.05, 4.69) is 16.8 Å². The number of nitrogens with two attached hydrogens (primary N) is 1. The summed E-state index contributed by atoms with van der Waals surface area (Å²) < 4.78 is 12.3. The normalized spacial score (nSPS) is 19.5. The fraction of sp³-hybridized carbons (Fsp3) is 0.571. The number of hydrogen-bond acceptors (Lipinski definition) is 4. The van der Waals surface area contributed by atoms with Crippen LogP contribution in [0.25, 0.3) is 0 Å². The van der Waals surface area contributed by atoms with E-state index >= 15 is 0 Å². The summed E-state index contributed by atoms with van der Waals surface area (Å²) >= 11 is 0. The number of benzene rings is 1. The van der Waals surface area contributed by atoms with Crippen LogP contribution < -0.4 is 5.73 Å². The molecule has 1 saturated heterocycles. The van der Waals surface area contributed by atoms with Crippen LogP contribution in [0, 0.1) is 6.92 Å². The predicted molar refractivity (Wildman–Crippen MR) is 80.8 cm³/mol. The highest BCUT2D eigenvalue weighted by molar-refractivity contribution is 7.85. The Labute approximate surface area is 118 Å². The van der Waals surface area contributed by atoms with Crippen molar-refractivity contribution < 1.29 is 4.21 Å². The molecule has 1 aliphatic rings. The van der Waals surface area contributed by atoms with Crippen molar-refractivity contribution in [2.75, 3.05) is 51.3 Å². The molecule has 1 aliphatic heterocycles. The Hall–Kier alpha value is -0.910. The lowest BCUT2D eigenvalue weighted by molar-refractivity contribution is 0.161. The zero-order valence-electron chi connectivity index (χ0n) is 11.8. The van der Waals surface area contributed by atoms with E-state index in [1.54, 1.807) is 0 Å². The molecule has 1 heterocycles. The van der Waals surface area contributed by atoms with Gasteiger partial charge in [-0.05, 0) is 37.7 Å². The molecule has 19 heavy (non-hydrogen) atoms. The standard InChI is InChI=1S/C14H23N3OS/c1-12-11-13(15)3-4-14(12)19(18)10-9-17-7-5-16(2)6-8-17/h3-4,11H,5-10,15H2,1-2H3. The van der Waals surface area contributed by atoms with Crippen LogP contribution in [0.3, 0.4) is 0 Å². The van der Waals surface area contributed by atoms with Crippen LogP contribution >= 0.6 is 0 Å². The molecule has 0 radical (unpaired) electrons. The Morgan fingerprint density at radius 2 is 1.95 bits per heavy atom. The molecule has 0 bridgehead atoms. The fourth-order valence-electron chi connectivity index (χ4n) is 2.32. The Morgan fingerprint density at radius 1 is 1.26 bits per heavy atom. The minimum atomic E-state index is -0.925. The number of anilines is 1. The summed E-state index contributed by atoms with van der Waals surface area (Å²) in [4.78, 5) is 5.64. The van der Waals surface area contributed by atoms with E-state index in [1.807, 2.05) is 25.1 Å². The maximum Gasteiger partial charge on any atom is 0.0545 e. The van der Waals surface area contributed by atoms with Crippen LogP contribution in [0.5, 0.6) is 0 Å². The molecule has 5 heteroatoms. The molecule has 1 unspecified atom stereocenters. The Kier molecular flexibility index (Phi) is 4.96. The maximum atomic E-state index is 12.3.